The van der Waals surface area contributed by atoms with Crippen LogP contribution in [0, 0.1) is 0 Å². The van der Waals surface area contributed by atoms with Crippen molar-refractivity contribution in [1.29, 1.82) is 0 Å². The standard InChI is InChI=1S/C18H25N3O4/c22-15-7-11-20(12-8-15)16(17(23)24)13-3-5-14(6-4-13)19-18(25)21-9-1-2-10-21/h3-6,15-16,22H,1-2,7-12H2,(H,19,25)(H,23,24). The van der Waals surface area contributed by atoms with Gasteiger partial charge in [0.15, 0.2) is 0 Å². The number of carbonyl (C=O) groups excluding carboxylic acids is 1. The first-order valence-corrected chi connectivity index (χ1v) is 8.85. The predicted octanol–water partition coefficient (Wildman–Crippen LogP) is 1.90. The van der Waals surface area contributed by atoms with Crippen LogP contribution in [-0.4, -0.2) is 64.3 Å². The molecule has 2 aliphatic heterocycles. The summed E-state index contributed by atoms with van der Waals surface area (Å²) in [7, 11) is 0. The molecule has 3 rings (SSSR count). The first kappa shape index (κ1) is 17.7. The Morgan fingerprint density at radius 3 is 2.20 bits per heavy atom. The van der Waals surface area contributed by atoms with Gasteiger partial charge in [-0.05, 0) is 43.4 Å². The number of hydrogen-bond donors (Lipinski definition) is 3. The Bertz CT molecular complexity index is 605. The minimum Gasteiger partial charge on any atom is -0.480 e. The number of carboxylic acid groups (broad SMARTS) is 1. The van der Waals surface area contributed by atoms with Crippen molar-refractivity contribution in [2.45, 2.75) is 37.8 Å². The van der Waals surface area contributed by atoms with Crippen molar-refractivity contribution in [2.75, 3.05) is 31.5 Å². The molecule has 3 N–H and O–H groups in total. The Labute approximate surface area is 147 Å². The summed E-state index contributed by atoms with van der Waals surface area (Å²) in [4.78, 5) is 27.5. The van der Waals surface area contributed by atoms with Crippen molar-refractivity contribution >= 4 is 17.7 Å². The Morgan fingerprint density at radius 2 is 1.64 bits per heavy atom. The number of piperidine rings is 1. The maximum atomic E-state index is 12.1. The number of aliphatic hydroxyl groups excluding tert-OH is 1. The number of rotatable bonds is 4. The number of nitrogens with zero attached hydrogens (tertiary/aromatic N) is 2. The van der Waals surface area contributed by atoms with Crippen molar-refractivity contribution in [1.82, 2.24) is 9.80 Å². The third-order valence-corrected chi connectivity index (χ3v) is 4.97. The fourth-order valence-corrected chi connectivity index (χ4v) is 3.53. The molecule has 1 aromatic carbocycles. The van der Waals surface area contributed by atoms with Crippen LogP contribution in [0.1, 0.15) is 37.3 Å². The van der Waals surface area contributed by atoms with Crippen LogP contribution in [0.5, 0.6) is 0 Å². The number of likely N-dealkylation sites (tertiary alicyclic amines) is 2. The van der Waals surface area contributed by atoms with Crippen LogP contribution < -0.4 is 5.32 Å². The number of anilines is 1. The van der Waals surface area contributed by atoms with Crippen molar-refractivity contribution in [3.63, 3.8) is 0 Å². The lowest BCUT2D eigenvalue weighted by Gasteiger charge is -2.34. The van der Waals surface area contributed by atoms with Gasteiger partial charge in [0, 0.05) is 31.9 Å². The number of urea groups is 1. The zero-order valence-electron chi connectivity index (χ0n) is 14.2. The second-order valence-corrected chi connectivity index (χ2v) is 6.75. The first-order valence-electron chi connectivity index (χ1n) is 8.85. The van der Waals surface area contributed by atoms with Gasteiger partial charge in [0.25, 0.3) is 0 Å². The molecule has 0 bridgehead atoms. The maximum Gasteiger partial charge on any atom is 0.325 e. The predicted molar refractivity (Wildman–Crippen MR) is 93.5 cm³/mol. The highest BCUT2D eigenvalue weighted by Gasteiger charge is 2.30. The minimum absolute atomic E-state index is 0.106. The number of hydrogen-bond acceptors (Lipinski definition) is 4. The van der Waals surface area contributed by atoms with E-state index in [1.54, 1.807) is 29.2 Å². The fraction of sp³-hybridized carbons (Fsp3) is 0.556. The van der Waals surface area contributed by atoms with Crippen LogP contribution in [0.15, 0.2) is 24.3 Å². The van der Waals surface area contributed by atoms with Crippen LogP contribution in [0.3, 0.4) is 0 Å². The molecule has 7 nitrogen and oxygen atoms in total. The van der Waals surface area contributed by atoms with Gasteiger partial charge in [-0.2, -0.15) is 0 Å². The third kappa shape index (κ3) is 4.29. The molecule has 136 valence electrons. The Morgan fingerprint density at radius 1 is 1.04 bits per heavy atom. The summed E-state index contributed by atoms with van der Waals surface area (Å²) in [5, 5.41) is 22.1. The van der Waals surface area contributed by atoms with Crippen LogP contribution in [0.25, 0.3) is 0 Å². The number of nitrogens with one attached hydrogen (secondary N) is 1. The molecule has 2 heterocycles. The maximum absolute atomic E-state index is 12.1. The molecule has 1 atom stereocenters. The highest BCUT2D eigenvalue weighted by Crippen LogP contribution is 2.26. The van der Waals surface area contributed by atoms with Crippen LogP contribution in [0.2, 0.25) is 0 Å². The molecule has 2 saturated heterocycles. The van der Waals surface area contributed by atoms with Gasteiger partial charge in [-0.1, -0.05) is 12.1 Å². The van der Waals surface area contributed by atoms with Gasteiger partial charge in [-0.15, -0.1) is 0 Å². The summed E-state index contributed by atoms with van der Waals surface area (Å²) in [6.45, 7) is 2.69. The molecule has 0 aliphatic carbocycles. The summed E-state index contributed by atoms with van der Waals surface area (Å²) >= 11 is 0. The van der Waals surface area contributed by atoms with Crippen LogP contribution in [-0.2, 0) is 4.79 Å². The SMILES string of the molecule is O=C(O)C(c1ccc(NC(=O)N2CCCC2)cc1)N1CCC(O)CC1. The molecule has 2 amide bonds. The van der Waals surface area contributed by atoms with Crippen molar-refractivity contribution in [3.05, 3.63) is 29.8 Å². The van der Waals surface area contributed by atoms with Gasteiger partial charge in [0.1, 0.15) is 6.04 Å². The Balaban J connectivity index is 1.66. The molecule has 0 radical (unpaired) electrons. The molecule has 1 unspecified atom stereocenters. The van der Waals surface area contributed by atoms with Crippen molar-refractivity contribution in [3.8, 4) is 0 Å². The number of amides is 2. The summed E-state index contributed by atoms with van der Waals surface area (Å²) in [5.74, 6) is -0.898. The first-order chi connectivity index (χ1) is 12.0. The van der Waals surface area contributed by atoms with Gasteiger partial charge < -0.3 is 20.4 Å². The highest BCUT2D eigenvalue weighted by molar-refractivity contribution is 5.89. The van der Waals surface area contributed by atoms with Crippen LogP contribution in [0.4, 0.5) is 10.5 Å². The van der Waals surface area contributed by atoms with E-state index < -0.39 is 12.0 Å². The minimum atomic E-state index is -0.898. The van der Waals surface area contributed by atoms with E-state index in [0.717, 1.165) is 25.9 Å². The third-order valence-electron chi connectivity index (χ3n) is 4.97. The molecule has 25 heavy (non-hydrogen) atoms. The summed E-state index contributed by atoms with van der Waals surface area (Å²) < 4.78 is 0. The Hall–Kier alpha value is -2.12. The fourth-order valence-electron chi connectivity index (χ4n) is 3.53. The van der Waals surface area contributed by atoms with E-state index >= 15 is 0 Å². The van der Waals surface area contributed by atoms with E-state index in [1.165, 1.54) is 0 Å². The molecule has 7 heteroatoms. The average Bonchev–Trinajstić information content (AvgIpc) is 3.13. The van der Waals surface area contributed by atoms with Gasteiger partial charge in [0.05, 0.1) is 6.10 Å². The van der Waals surface area contributed by atoms with Gasteiger partial charge in [0.2, 0.25) is 0 Å². The second-order valence-electron chi connectivity index (χ2n) is 6.75. The van der Waals surface area contributed by atoms with Crippen LogP contribution >= 0.6 is 0 Å². The Kier molecular flexibility index (Phi) is 5.55. The zero-order chi connectivity index (χ0) is 17.8. The molecule has 0 saturated carbocycles. The number of aliphatic hydroxyl groups is 1. The van der Waals surface area contributed by atoms with E-state index in [1.807, 2.05) is 4.90 Å². The number of benzene rings is 1. The molecule has 2 aliphatic rings. The van der Waals surface area contributed by atoms with E-state index in [4.69, 9.17) is 0 Å². The lowest BCUT2D eigenvalue weighted by molar-refractivity contribution is -0.144. The van der Waals surface area contributed by atoms with E-state index in [9.17, 15) is 19.8 Å². The molecular weight excluding hydrogens is 322 g/mol. The largest absolute Gasteiger partial charge is 0.480 e. The molecule has 1 aromatic rings. The summed E-state index contributed by atoms with van der Waals surface area (Å²) in [6.07, 6.45) is 2.92. The average molecular weight is 347 g/mol. The van der Waals surface area contributed by atoms with Gasteiger partial charge >= 0.3 is 12.0 Å². The van der Waals surface area contributed by atoms with E-state index in [0.29, 0.717) is 37.2 Å². The normalized spacial score (nSPS) is 20.4. The lowest BCUT2D eigenvalue weighted by Crippen LogP contribution is -2.41. The topological polar surface area (TPSA) is 93.1 Å². The second kappa shape index (κ2) is 7.84. The summed E-state index contributed by atoms with van der Waals surface area (Å²) in [6, 6.07) is 6.17. The summed E-state index contributed by atoms with van der Waals surface area (Å²) in [5.41, 5.74) is 1.35. The highest BCUT2D eigenvalue weighted by atomic mass is 16.4. The quantitative estimate of drug-likeness (QED) is 0.773. The monoisotopic (exact) mass is 347 g/mol. The van der Waals surface area contributed by atoms with Crippen molar-refractivity contribution in [2.24, 2.45) is 0 Å². The van der Waals surface area contributed by atoms with Gasteiger partial charge in [-0.3, -0.25) is 9.69 Å². The van der Waals surface area contributed by atoms with E-state index in [-0.39, 0.29) is 12.1 Å². The van der Waals surface area contributed by atoms with Crippen molar-refractivity contribution < 1.29 is 19.8 Å². The van der Waals surface area contributed by atoms with E-state index in [2.05, 4.69) is 5.32 Å². The molecular formula is C18H25N3O4. The van der Waals surface area contributed by atoms with Gasteiger partial charge in [-0.25, -0.2) is 4.79 Å². The smallest absolute Gasteiger partial charge is 0.325 e. The zero-order valence-corrected chi connectivity index (χ0v) is 14.2. The molecule has 0 spiro atoms. The molecule has 2 fully saturated rings. The number of aliphatic carboxylic acids is 1. The lowest BCUT2D eigenvalue weighted by atomic mass is 10.0. The number of carbonyl (C=O) groups is 2. The molecule has 0 aromatic heterocycles. The number of carboxylic acids is 1.